The summed E-state index contributed by atoms with van der Waals surface area (Å²) in [7, 11) is 0. The summed E-state index contributed by atoms with van der Waals surface area (Å²) in [5.74, 6) is -0.351. The van der Waals surface area contributed by atoms with Crippen LogP contribution in [0, 0.1) is 11.3 Å². The monoisotopic (exact) mass is 268 g/mol. The lowest BCUT2D eigenvalue weighted by Crippen LogP contribution is -2.07. The van der Waals surface area contributed by atoms with Crippen molar-refractivity contribution in [3.63, 3.8) is 0 Å². The number of hydrogen-bond donors (Lipinski definition) is 2. The summed E-state index contributed by atoms with van der Waals surface area (Å²) in [6.07, 6.45) is 3.56. The predicted molar refractivity (Wildman–Crippen MR) is 72.3 cm³/mol. The van der Waals surface area contributed by atoms with Gasteiger partial charge in [0.2, 0.25) is 0 Å². The van der Waals surface area contributed by atoms with Crippen molar-refractivity contribution in [3.8, 4) is 6.07 Å². The summed E-state index contributed by atoms with van der Waals surface area (Å²) in [5.41, 5.74) is 1.48. The molecular weight excluding hydrogens is 256 g/mol. The molecule has 0 amide bonds. The number of nitriles is 1. The molecule has 1 aromatic heterocycles. The van der Waals surface area contributed by atoms with Crippen LogP contribution in [0.15, 0.2) is 36.7 Å². The van der Waals surface area contributed by atoms with Gasteiger partial charge in [0.25, 0.3) is 0 Å². The molecule has 2 rings (SSSR count). The van der Waals surface area contributed by atoms with Crippen LogP contribution in [-0.2, 0) is 6.42 Å². The molecule has 1 aromatic carbocycles. The van der Waals surface area contributed by atoms with E-state index in [1.165, 1.54) is 12.4 Å². The summed E-state index contributed by atoms with van der Waals surface area (Å²) in [5, 5.41) is 20.6. The average Bonchev–Trinajstić information content (AvgIpc) is 2.48. The smallest absolute Gasteiger partial charge is 0.335 e. The SMILES string of the molecule is N#Cc1cnc(NCCc2cccc(C(=O)O)c2)cn1. The highest BCUT2D eigenvalue weighted by Gasteiger charge is 2.03. The number of nitrogens with one attached hydrogen (secondary N) is 1. The first kappa shape index (κ1) is 13.5. The first-order valence-electron chi connectivity index (χ1n) is 5.97. The molecule has 0 spiro atoms. The lowest BCUT2D eigenvalue weighted by molar-refractivity contribution is 0.0697. The van der Waals surface area contributed by atoms with Gasteiger partial charge in [-0.2, -0.15) is 5.26 Å². The minimum Gasteiger partial charge on any atom is -0.478 e. The number of rotatable bonds is 5. The number of anilines is 1. The van der Waals surface area contributed by atoms with Crippen molar-refractivity contribution in [1.82, 2.24) is 9.97 Å². The zero-order valence-corrected chi connectivity index (χ0v) is 10.6. The third kappa shape index (κ3) is 3.53. The number of carbonyl (C=O) groups is 1. The Morgan fingerprint density at radius 2 is 2.20 bits per heavy atom. The highest BCUT2D eigenvalue weighted by molar-refractivity contribution is 5.87. The fourth-order valence-electron chi connectivity index (χ4n) is 1.67. The predicted octanol–water partition coefficient (Wildman–Crippen LogP) is 1.70. The number of nitrogens with zero attached hydrogens (tertiary/aromatic N) is 3. The third-order valence-electron chi connectivity index (χ3n) is 2.66. The molecule has 0 atom stereocenters. The van der Waals surface area contributed by atoms with Crippen molar-refractivity contribution in [2.75, 3.05) is 11.9 Å². The minimum atomic E-state index is -0.933. The van der Waals surface area contributed by atoms with Crippen LogP contribution >= 0.6 is 0 Å². The number of carboxylic acids is 1. The Kier molecular flexibility index (Phi) is 4.24. The van der Waals surface area contributed by atoms with Crippen LogP contribution in [0.1, 0.15) is 21.6 Å². The van der Waals surface area contributed by atoms with Gasteiger partial charge in [-0.3, -0.25) is 0 Å². The second-order valence-electron chi connectivity index (χ2n) is 4.08. The molecule has 0 bridgehead atoms. The molecule has 6 nitrogen and oxygen atoms in total. The second-order valence-corrected chi connectivity index (χ2v) is 4.08. The van der Waals surface area contributed by atoms with E-state index in [-0.39, 0.29) is 11.3 Å². The van der Waals surface area contributed by atoms with E-state index < -0.39 is 5.97 Å². The molecule has 1 heterocycles. The Labute approximate surface area is 115 Å². The zero-order chi connectivity index (χ0) is 14.4. The summed E-state index contributed by atoms with van der Waals surface area (Å²) in [6, 6.07) is 8.70. The van der Waals surface area contributed by atoms with Gasteiger partial charge in [0.05, 0.1) is 18.0 Å². The van der Waals surface area contributed by atoms with Crippen molar-refractivity contribution >= 4 is 11.8 Å². The van der Waals surface area contributed by atoms with Gasteiger partial charge in [-0.25, -0.2) is 14.8 Å². The van der Waals surface area contributed by atoms with Crippen LogP contribution in [0.3, 0.4) is 0 Å². The molecule has 2 aromatic rings. The number of carboxylic acid groups (broad SMARTS) is 1. The Morgan fingerprint density at radius 1 is 1.35 bits per heavy atom. The molecule has 0 aliphatic heterocycles. The van der Waals surface area contributed by atoms with E-state index in [1.54, 1.807) is 18.2 Å². The van der Waals surface area contributed by atoms with Gasteiger partial charge in [-0.05, 0) is 24.1 Å². The standard InChI is InChI=1S/C14H12N4O2/c15-7-12-8-18-13(9-17-12)16-5-4-10-2-1-3-11(6-10)14(19)20/h1-3,6,8-9H,4-5H2,(H,16,18)(H,19,20). The Hall–Kier alpha value is -2.94. The topological polar surface area (TPSA) is 98.9 Å². The molecule has 2 N–H and O–H groups in total. The zero-order valence-electron chi connectivity index (χ0n) is 10.6. The van der Waals surface area contributed by atoms with E-state index in [0.717, 1.165) is 5.56 Å². The summed E-state index contributed by atoms with van der Waals surface area (Å²) >= 11 is 0. The second kappa shape index (κ2) is 6.29. The van der Waals surface area contributed by atoms with Crippen LogP contribution in [0.25, 0.3) is 0 Å². The van der Waals surface area contributed by atoms with Crippen LogP contribution < -0.4 is 5.32 Å². The van der Waals surface area contributed by atoms with Crippen LogP contribution in [0.4, 0.5) is 5.82 Å². The average molecular weight is 268 g/mol. The Morgan fingerprint density at radius 3 is 2.85 bits per heavy atom. The summed E-state index contributed by atoms with van der Waals surface area (Å²) in [4.78, 5) is 18.8. The van der Waals surface area contributed by atoms with Gasteiger partial charge in [-0.15, -0.1) is 0 Å². The van der Waals surface area contributed by atoms with Gasteiger partial charge in [0, 0.05) is 6.54 Å². The molecule has 0 aliphatic carbocycles. The van der Waals surface area contributed by atoms with E-state index in [2.05, 4.69) is 15.3 Å². The van der Waals surface area contributed by atoms with Crippen LogP contribution in [0.2, 0.25) is 0 Å². The lowest BCUT2D eigenvalue weighted by atomic mass is 10.1. The van der Waals surface area contributed by atoms with Crippen molar-refractivity contribution in [2.45, 2.75) is 6.42 Å². The van der Waals surface area contributed by atoms with Crippen molar-refractivity contribution in [2.24, 2.45) is 0 Å². The molecule has 0 unspecified atom stereocenters. The normalized spacial score (nSPS) is 9.75. The quantitative estimate of drug-likeness (QED) is 0.856. The fraction of sp³-hybridized carbons (Fsp3) is 0.143. The largest absolute Gasteiger partial charge is 0.478 e. The van der Waals surface area contributed by atoms with Gasteiger partial charge in [0.15, 0.2) is 5.69 Å². The summed E-state index contributed by atoms with van der Waals surface area (Å²) in [6.45, 7) is 0.601. The molecule has 0 saturated heterocycles. The van der Waals surface area contributed by atoms with Gasteiger partial charge in [0.1, 0.15) is 11.9 Å². The van der Waals surface area contributed by atoms with E-state index >= 15 is 0 Å². The van der Waals surface area contributed by atoms with Gasteiger partial charge in [-0.1, -0.05) is 12.1 Å². The fourth-order valence-corrected chi connectivity index (χ4v) is 1.67. The van der Waals surface area contributed by atoms with Gasteiger partial charge >= 0.3 is 5.97 Å². The first-order valence-corrected chi connectivity index (χ1v) is 5.97. The van der Waals surface area contributed by atoms with Crippen molar-refractivity contribution in [1.29, 1.82) is 5.26 Å². The Balaban J connectivity index is 1.90. The van der Waals surface area contributed by atoms with E-state index in [0.29, 0.717) is 18.8 Å². The molecule has 20 heavy (non-hydrogen) atoms. The molecule has 0 radical (unpaired) electrons. The van der Waals surface area contributed by atoms with Crippen LogP contribution in [-0.4, -0.2) is 27.6 Å². The molecule has 0 fully saturated rings. The first-order chi connectivity index (χ1) is 9.69. The minimum absolute atomic E-state index is 0.268. The molecular formula is C14H12N4O2. The number of aromatic nitrogens is 2. The van der Waals surface area contributed by atoms with Crippen molar-refractivity contribution < 1.29 is 9.90 Å². The Bertz CT molecular complexity index is 647. The van der Waals surface area contributed by atoms with Crippen LogP contribution in [0.5, 0.6) is 0 Å². The lowest BCUT2D eigenvalue weighted by Gasteiger charge is -2.05. The number of benzene rings is 1. The van der Waals surface area contributed by atoms with E-state index in [1.807, 2.05) is 12.1 Å². The highest BCUT2D eigenvalue weighted by atomic mass is 16.4. The molecule has 100 valence electrons. The maximum Gasteiger partial charge on any atom is 0.335 e. The maximum atomic E-state index is 10.8. The molecule has 6 heteroatoms. The van der Waals surface area contributed by atoms with Crippen molar-refractivity contribution in [3.05, 3.63) is 53.5 Å². The van der Waals surface area contributed by atoms with E-state index in [9.17, 15) is 4.79 Å². The summed E-state index contributed by atoms with van der Waals surface area (Å²) < 4.78 is 0. The third-order valence-corrected chi connectivity index (χ3v) is 2.66. The highest BCUT2D eigenvalue weighted by Crippen LogP contribution is 2.07. The number of hydrogen-bond acceptors (Lipinski definition) is 5. The van der Waals surface area contributed by atoms with E-state index in [4.69, 9.17) is 10.4 Å². The molecule has 0 saturated carbocycles. The maximum absolute atomic E-state index is 10.8. The van der Waals surface area contributed by atoms with Gasteiger partial charge < -0.3 is 10.4 Å². The number of aromatic carboxylic acids is 1. The molecule has 0 aliphatic rings.